The number of nitrogens with two attached hydrogens (primary N) is 1. The minimum absolute atomic E-state index is 0.451. The predicted octanol–water partition coefficient (Wildman–Crippen LogP) is 1.63. The third-order valence-corrected chi connectivity index (χ3v) is 3.53. The van der Waals surface area contributed by atoms with Crippen LogP contribution in [0.15, 0.2) is 0 Å². The van der Waals surface area contributed by atoms with Crippen LogP contribution in [-0.2, 0) is 9.53 Å². The van der Waals surface area contributed by atoms with E-state index < -0.39 is 12.1 Å². The Morgan fingerprint density at radius 2 is 2.06 bits per heavy atom. The highest BCUT2D eigenvalue weighted by Gasteiger charge is 2.26. The van der Waals surface area contributed by atoms with Gasteiger partial charge in [0.1, 0.15) is 0 Å². The normalized spacial score (nSPS) is 27.6. The van der Waals surface area contributed by atoms with Crippen molar-refractivity contribution in [3.63, 3.8) is 0 Å². The number of carbonyl (C=O) groups is 1. The highest BCUT2D eigenvalue weighted by atomic mass is 16.5. The van der Waals surface area contributed by atoms with E-state index in [9.17, 15) is 4.79 Å². The molecule has 0 saturated heterocycles. The van der Waals surface area contributed by atoms with Gasteiger partial charge in [-0.25, -0.2) is 4.79 Å². The zero-order chi connectivity index (χ0) is 12.0. The van der Waals surface area contributed by atoms with E-state index in [0.29, 0.717) is 31.4 Å². The van der Waals surface area contributed by atoms with Gasteiger partial charge in [-0.2, -0.15) is 0 Å². The molecule has 1 aliphatic carbocycles. The molecule has 1 rings (SSSR count). The summed E-state index contributed by atoms with van der Waals surface area (Å²) in [6.45, 7) is 3.07. The van der Waals surface area contributed by atoms with Gasteiger partial charge in [0.05, 0.1) is 6.61 Å². The van der Waals surface area contributed by atoms with Crippen molar-refractivity contribution in [2.45, 2.75) is 45.1 Å². The van der Waals surface area contributed by atoms with Crippen molar-refractivity contribution in [1.29, 1.82) is 0 Å². The molecule has 0 amide bonds. The van der Waals surface area contributed by atoms with E-state index in [4.69, 9.17) is 15.6 Å². The molecule has 1 fully saturated rings. The second kappa shape index (κ2) is 6.86. The van der Waals surface area contributed by atoms with Gasteiger partial charge in [0, 0.05) is 0 Å². The van der Waals surface area contributed by atoms with Crippen LogP contribution in [0.1, 0.15) is 39.0 Å². The summed E-state index contributed by atoms with van der Waals surface area (Å²) < 4.78 is 5.47. The third kappa shape index (κ3) is 3.76. The summed E-state index contributed by atoms with van der Waals surface area (Å²) in [5.74, 6) is 0.106. The lowest BCUT2D eigenvalue weighted by Crippen LogP contribution is -2.33. The van der Waals surface area contributed by atoms with Crippen molar-refractivity contribution < 1.29 is 14.6 Å². The first kappa shape index (κ1) is 13.5. The molecule has 0 aromatic carbocycles. The Bertz CT molecular complexity index is 220. The smallest absolute Gasteiger partial charge is 0.332 e. The van der Waals surface area contributed by atoms with E-state index in [1.54, 1.807) is 0 Å². The van der Waals surface area contributed by atoms with Gasteiger partial charge in [0.15, 0.2) is 6.10 Å². The van der Waals surface area contributed by atoms with E-state index in [0.717, 1.165) is 12.8 Å². The lowest BCUT2D eigenvalue weighted by atomic mass is 9.80. The van der Waals surface area contributed by atoms with E-state index in [1.807, 2.05) is 6.92 Å². The van der Waals surface area contributed by atoms with Crippen LogP contribution in [0.25, 0.3) is 0 Å². The van der Waals surface area contributed by atoms with Crippen LogP contribution < -0.4 is 5.73 Å². The number of rotatable bonds is 6. The van der Waals surface area contributed by atoms with Gasteiger partial charge in [0.2, 0.25) is 0 Å². The quantitative estimate of drug-likeness (QED) is 0.726. The van der Waals surface area contributed by atoms with Gasteiger partial charge in [-0.3, -0.25) is 0 Å². The Labute approximate surface area is 97.2 Å². The lowest BCUT2D eigenvalue weighted by molar-refractivity contribution is -0.152. The first-order valence-corrected chi connectivity index (χ1v) is 6.23. The zero-order valence-electron chi connectivity index (χ0n) is 10.0. The molecule has 3 unspecified atom stereocenters. The maximum atomic E-state index is 10.8. The summed E-state index contributed by atoms with van der Waals surface area (Å²) in [6, 6.07) is 0. The van der Waals surface area contributed by atoms with Crippen LogP contribution >= 0.6 is 0 Å². The number of ether oxygens (including phenoxy) is 1. The number of carboxylic acids is 1. The maximum absolute atomic E-state index is 10.8. The Morgan fingerprint density at radius 1 is 1.44 bits per heavy atom. The molecule has 4 heteroatoms. The van der Waals surface area contributed by atoms with Crippen LogP contribution in [-0.4, -0.2) is 30.3 Å². The van der Waals surface area contributed by atoms with Crippen molar-refractivity contribution in [3.8, 4) is 0 Å². The molecule has 16 heavy (non-hydrogen) atoms. The monoisotopic (exact) mass is 229 g/mol. The summed E-state index contributed by atoms with van der Waals surface area (Å²) in [4.78, 5) is 10.8. The third-order valence-electron chi connectivity index (χ3n) is 3.53. The highest BCUT2D eigenvalue weighted by molar-refractivity contribution is 5.72. The van der Waals surface area contributed by atoms with Crippen molar-refractivity contribution in [1.82, 2.24) is 0 Å². The summed E-state index contributed by atoms with van der Waals surface area (Å²) in [6.07, 6.45) is 4.62. The average Bonchev–Trinajstić information content (AvgIpc) is 2.30. The molecule has 3 atom stereocenters. The highest BCUT2D eigenvalue weighted by Crippen LogP contribution is 2.29. The van der Waals surface area contributed by atoms with Gasteiger partial charge in [-0.05, 0) is 37.6 Å². The largest absolute Gasteiger partial charge is 0.479 e. The Hall–Kier alpha value is -0.610. The standard InChI is InChI=1S/C12H23NO3/c1-2-11(12(14)15)16-8-10-6-4-3-5-9(10)7-13/h9-11H,2-8,13H2,1H3,(H,14,15). The molecule has 0 radical (unpaired) electrons. The van der Waals surface area contributed by atoms with Gasteiger partial charge < -0.3 is 15.6 Å². The molecule has 0 aliphatic heterocycles. The SMILES string of the molecule is CCC(OCC1CCCCC1CN)C(=O)O. The van der Waals surface area contributed by atoms with Gasteiger partial charge in [-0.1, -0.05) is 19.8 Å². The average molecular weight is 229 g/mol. The number of aliphatic carboxylic acids is 1. The second-order valence-electron chi connectivity index (χ2n) is 4.61. The van der Waals surface area contributed by atoms with Crippen LogP contribution in [0.4, 0.5) is 0 Å². The van der Waals surface area contributed by atoms with Crippen molar-refractivity contribution in [2.75, 3.05) is 13.2 Å². The van der Waals surface area contributed by atoms with Crippen molar-refractivity contribution in [3.05, 3.63) is 0 Å². The summed E-state index contributed by atoms with van der Waals surface area (Å²) in [7, 11) is 0. The lowest BCUT2D eigenvalue weighted by Gasteiger charge is -2.31. The fraction of sp³-hybridized carbons (Fsp3) is 0.917. The Kier molecular flexibility index (Phi) is 5.77. The summed E-state index contributed by atoms with van der Waals surface area (Å²) in [5, 5.41) is 8.88. The molecular weight excluding hydrogens is 206 g/mol. The number of hydrogen-bond donors (Lipinski definition) is 2. The molecule has 94 valence electrons. The van der Waals surface area contributed by atoms with Gasteiger partial charge in [0.25, 0.3) is 0 Å². The van der Waals surface area contributed by atoms with Crippen LogP contribution in [0.3, 0.4) is 0 Å². The van der Waals surface area contributed by atoms with Crippen molar-refractivity contribution >= 4 is 5.97 Å². The van der Waals surface area contributed by atoms with E-state index in [2.05, 4.69) is 0 Å². The Morgan fingerprint density at radius 3 is 2.56 bits per heavy atom. The minimum Gasteiger partial charge on any atom is -0.479 e. The first-order valence-electron chi connectivity index (χ1n) is 6.23. The molecule has 0 spiro atoms. The zero-order valence-corrected chi connectivity index (χ0v) is 10.0. The van der Waals surface area contributed by atoms with Crippen LogP contribution in [0.5, 0.6) is 0 Å². The van der Waals surface area contributed by atoms with E-state index >= 15 is 0 Å². The van der Waals surface area contributed by atoms with E-state index in [-0.39, 0.29) is 0 Å². The number of hydrogen-bond acceptors (Lipinski definition) is 3. The predicted molar refractivity (Wildman–Crippen MR) is 62.2 cm³/mol. The summed E-state index contributed by atoms with van der Waals surface area (Å²) in [5.41, 5.74) is 5.72. The molecule has 0 aromatic rings. The maximum Gasteiger partial charge on any atom is 0.332 e. The number of carboxylic acid groups (broad SMARTS) is 1. The molecule has 1 aliphatic rings. The second-order valence-corrected chi connectivity index (χ2v) is 4.61. The van der Waals surface area contributed by atoms with Crippen molar-refractivity contribution in [2.24, 2.45) is 17.6 Å². The van der Waals surface area contributed by atoms with Crippen LogP contribution in [0, 0.1) is 11.8 Å². The molecule has 0 aromatic heterocycles. The molecule has 4 nitrogen and oxygen atoms in total. The fourth-order valence-corrected chi connectivity index (χ4v) is 2.42. The fourth-order valence-electron chi connectivity index (χ4n) is 2.42. The molecular formula is C12H23NO3. The summed E-state index contributed by atoms with van der Waals surface area (Å²) >= 11 is 0. The Balaban J connectivity index is 2.36. The first-order chi connectivity index (χ1) is 7.69. The van der Waals surface area contributed by atoms with Gasteiger partial charge in [-0.15, -0.1) is 0 Å². The topological polar surface area (TPSA) is 72.5 Å². The van der Waals surface area contributed by atoms with E-state index in [1.165, 1.54) is 12.8 Å². The van der Waals surface area contributed by atoms with Crippen LogP contribution in [0.2, 0.25) is 0 Å². The molecule has 0 bridgehead atoms. The molecule has 1 saturated carbocycles. The minimum atomic E-state index is -0.859. The molecule has 0 heterocycles. The van der Waals surface area contributed by atoms with Gasteiger partial charge >= 0.3 is 5.97 Å². The molecule has 3 N–H and O–H groups in total.